The van der Waals surface area contributed by atoms with Gasteiger partial charge in [-0.25, -0.2) is 0 Å². The summed E-state index contributed by atoms with van der Waals surface area (Å²) in [5.41, 5.74) is 0.968. The summed E-state index contributed by atoms with van der Waals surface area (Å²) in [5.74, 6) is -0.307. The third kappa shape index (κ3) is 3.45. The molecule has 2 aromatic carbocycles. The molecule has 3 heterocycles. The number of ether oxygens (including phenoxy) is 1. The van der Waals surface area contributed by atoms with Crippen molar-refractivity contribution in [1.29, 1.82) is 0 Å². The predicted molar refractivity (Wildman–Crippen MR) is 116 cm³/mol. The first kappa shape index (κ1) is 20.3. The van der Waals surface area contributed by atoms with E-state index in [0.29, 0.717) is 42.8 Å². The molecule has 2 aliphatic rings. The van der Waals surface area contributed by atoms with Gasteiger partial charge in [0.1, 0.15) is 5.58 Å². The third-order valence-electron chi connectivity index (χ3n) is 6.05. The van der Waals surface area contributed by atoms with Gasteiger partial charge in [0.15, 0.2) is 5.43 Å². The fraction of sp³-hybridized carbons (Fsp3) is 0.304. The summed E-state index contributed by atoms with van der Waals surface area (Å²) in [4.78, 5) is 41.2. The quantitative estimate of drug-likeness (QED) is 0.448. The smallest absolute Gasteiger partial charge is 0.290 e. The zero-order chi connectivity index (χ0) is 22.2. The van der Waals surface area contributed by atoms with Gasteiger partial charge in [-0.3, -0.25) is 24.6 Å². The van der Waals surface area contributed by atoms with Crippen LogP contribution in [0.5, 0.6) is 0 Å². The van der Waals surface area contributed by atoms with Crippen LogP contribution in [0.15, 0.2) is 57.7 Å². The van der Waals surface area contributed by atoms with Crippen LogP contribution in [0.4, 0.5) is 5.69 Å². The van der Waals surface area contributed by atoms with E-state index in [1.165, 1.54) is 12.1 Å². The van der Waals surface area contributed by atoms with Crippen molar-refractivity contribution in [3.05, 3.63) is 85.8 Å². The van der Waals surface area contributed by atoms with Gasteiger partial charge in [-0.2, -0.15) is 0 Å². The number of amides is 1. The molecule has 1 atom stereocenters. The molecule has 164 valence electrons. The van der Waals surface area contributed by atoms with Gasteiger partial charge in [0.25, 0.3) is 11.6 Å². The monoisotopic (exact) mass is 435 g/mol. The number of fused-ring (bicyclic) bond motifs is 2. The van der Waals surface area contributed by atoms with E-state index in [9.17, 15) is 19.7 Å². The highest BCUT2D eigenvalue weighted by Gasteiger charge is 2.42. The standard InChI is InChI=1S/C23H21N3O6/c27-21-17-3-1-2-4-18(17)32-22-19(21)20(15-5-7-16(8-6-15)26(29)30)25(23(22)28)10-9-24-11-13-31-14-12-24/h1-8,20H,9-14H2/t20-/m0/s1. The number of rotatable bonds is 5. The van der Waals surface area contributed by atoms with E-state index in [0.717, 1.165) is 13.1 Å². The molecule has 0 radical (unpaired) electrons. The molecule has 3 aromatic rings. The average Bonchev–Trinajstić information content (AvgIpc) is 3.10. The van der Waals surface area contributed by atoms with Gasteiger partial charge < -0.3 is 14.1 Å². The maximum Gasteiger partial charge on any atom is 0.290 e. The lowest BCUT2D eigenvalue weighted by Crippen LogP contribution is -2.42. The molecule has 2 aliphatic heterocycles. The number of non-ortho nitro benzene ring substituents is 1. The number of morpholine rings is 1. The second-order valence-corrected chi connectivity index (χ2v) is 7.87. The number of carbonyl (C=O) groups is 1. The van der Waals surface area contributed by atoms with E-state index in [-0.39, 0.29) is 28.3 Å². The normalized spacial score (nSPS) is 18.8. The summed E-state index contributed by atoms with van der Waals surface area (Å²) in [6, 6.07) is 12.2. The molecule has 0 N–H and O–H groups in total. The SMILES string of the molecule is O=C1c2oc3ccccc3c(=O)c2[C@H](c2ccc([N+](=O)[O-])cc2)N1CCN1CCOCC1. The summed E-state index contributed by atoms with van der Waals surface area (Å²) >= 11 is 0. The highest BCUT2D eigenvalue weighted by atomic mass is 16.6. The minimum atomic E-state index is -0.666. The van der Waals surface area contributed by atoms with E-state index in [2.05, 4.69) is 4.90 Å². The molecule has 9 nitrogen and oxygen atoms in total. The zero-order valence-electron chi connectivity index (χ0n) is 17.2. The summed E-state index contributed by atoms with van der Waals surface area (Å²) in [7, 11) is 0. The number of hydrogen-bond acceptors (Lipinski definition) is 7. The third-order valence-corrected chi connectivity index (χ3v) is 6.05. The number of hydrogen-bond donors (Lipinski definition) is 0. The van der Waals surface area contributed by atoms with Crippen molar-refractivity contribution < 1.29 is 18.9 Å². The first-order valence-corrected chi connectivity index (χ1v) is 10.5. The van der Waals surface area contributed by atoms with Crippen LogP contribution < -0.4 is 5.43 Å². The maximum absolute atomic E-state index is 13.4. The van der Waals surface area contributed by atoms with E-state index in [1.807, 2.05) is 0 Å². The molecule has 0 bridgehead atoms. The van der Waals surface area contributed by atoms with Gasteiger partial charge in [0, 0.05) is 38.3 Å². The molecule has 5 rings (SSSR count). The van der Waals surface area contributed by atoms with Crippen LogP contribution in [0.2, 0.25) is 0 Å². The molecular formula is C23H21N3O6. The molecule has 1 aromatic heterocycles. The van der Waals surface area contributed by atoms with Crippen LogP contribution in [0.25, 0.3) is 11.0 Å². The molecule has 0 unspecified atom stereocenters. The van der Waals surface area contributed by atoms with Gasteiger partial charge in [0.2, 0.25) is 5.76 Å². The van der Waals surface area contributed by atoms with Gasteiger partial charge >= 0.3 is 0 Å². The maximum atomic E-state index is 13.4. The van der Waals surface area contributed by atoms with Crippen LogP contribution in [0.1, 0.15) is 27.7 Å². The second-order valence-electron chi connectivity index (χ2n) is 7.87. The largest absolute Gasteiger partial charge is 0.450 e. The summed E-state index contributed by atoms with van der Waals surface area (Å²) in [5, 5.41) is 11.5. The van der Waals surface area contributed by atoms with E-state index < -0.39 is 11.0 Å². The molecule has 0 aliphatic carbocycles. The fourth-order valence-corrected chi connectivity index (χ4v) is 4.40. The minimum absolute atomic E-state index is 0.0408. The summed E-state index contributed by atoms with van der Waals surface area (Å²) in [6.07, 6.45) is 0. The molecule has 0 saturated carbocycles. The Balaban J connectivity index is 1.58. The number of carbonyl (C=O) groups excluding carboxylic acids is 1. The van der Waals surface area contributed by atoms with E-state index >= 15 is 0 Å². The Morgan fingerprint density at radius 3 is 2.44 bits per heavy atom. The fourth-order valence-electron chi connectivity index (χ4n) is 4.40. The number of nitro benzene ring substituents is 1. The summed E-state index contributed by atoms with van der Waals surface area (Å²) < 4.78 is 11.3. The highest BCUT2D eigenvalue weighted by Crippen LogP contribution is 2.38. The summed E-state index contributed by atoms with van der Waals surface area (Å²) in [6.45, 7) is 3.86. The van der Waals surface area contributed by atoms with E-state index in [1.54, 1.807) is 41.3 Å². The predicted octanol–water partition coefficient (Wildman–Crippen LogP) is 2.58. The first-order chi connectivity index (χ1) is 15.5. The van der Waals surface area contributed by atoms with Crippen molar-refractivity contribution in [2.45, 2.75) is 6.04 Å². The van der Waals surface area contributed by atoms with E-state index in [4.69, 9.17) is 9.15 Å². The number of nitrogens with zero attached hydrogens (tertiary/aromatic N) is 3. The van der Waals surface area contributed by atoms with Gasteiger partial charge in [-0.05, 0) is 29.8 Å². The van der Waals surface area contributed by atoms with Crippen molar-refractivity contribution in [1.82, 2.24) is 9.80 Å². The minimum Gasteiger partial charge on any atom is -0.450 e. The Hall–Kier alpha value is -3.56. The zero-order valence-corrected chi connectivity index (χ0v) is 17.2. The topological polar surface area (TPSA) is 106 Å². The van der Waals surface area contributed by atoms with Gasteiger partial charge in [-0.15, -0.1) is 0 Å². The number of para-hydroxylation sites is 1. The Morgan fingerprint density at radius 1 is 1.00 bits per heavy atom. The highest BCUT2D eigenvalue weighted by molar-refractivity contribution is 5.99. The van der Waals surface area contributed by atoms with Crippen LogP contribution in [0.3, 0.4) is 0 Å². The molecule has 1 fully saturated rings. The van der Waals surface area contributed by atoms with Crippen molar-refractivity contribution in [3.8, 4) is 0 Å². The lowest BCUT2D eigenvalue weighted by molar-refractivity contribution is -0.384. The molecule has 1 amide bonds. The molecule has 0 spiro atoms. The Bertz CT molecular complexity index is 1250. The van der Waals surface area contributed by atoms with Crippen molar-refractivity contribution >= 4 is 22.6 Å². The lowest BCUT2D eigenvalue weighted by Gasteiger charge is -2.31. The second kappa shape index (κ2) is 8.18. The van der Waals surface area contributed by atoms with Gasteiger partial charge in [-0.1, -0.05) is 12.1 Å². The number of nitro groups is 1. The Labute approximate surface area is 182 Å². The van der Waals surface area contributed by atoms with Crippen molar-refractivity contribution in [3.63, 3.8) is 0 Å². The first-order valence-electron chi connectivity index (χ1n) is 10.5. The van der Waals surface area contributed by atoms with Crippen LogP contribution in [-0.2, 0) is 4.74 Å². The Morgan fingerprint density at radius 2 is 1.72 bits per heavy atom. The average molecular weight is 435 g/mol. The molecule has 1 saturated heterocycles. The Kier molecular flexibility index (Phi) is 5.20. The molecule has 9 heteroatoms. The number of benzene rings is 2. The lowest BCUT2D eigenvalue weighted by atomic mass is 9.98. The van der Waals surface area contributed by atoms with Gasteiger partial charge in [0.05, 0.1) is 35.1 Å². The molecule has 32 heavy (non-hydrogen) atoms. The van der Waals surface area contributed by atoms with Crippen molar-refractivity contribution in [2.75, 3.05) is 39.4 Å². The molecular weight excluding hydrogens is 414 g/mol. The van der Waals surface area contributed by atoms with Crippen LogP contribution in [0, 0.1) is 10.1 Å². The van der Waals surface area contributed by atoms with Crippen molar-refractivity contribution in [2.24, 2.45) is 0 Å². The van der Waals surface area contributed by atoms with Crippen LogP contribution >= 0.6 is 0 Å². The van der Waals surface area contributed by atoms with Crippen LogP contribution in [-0.4, -0.2) is 60.0 Å².